The first kappa shape index (κ1) is 13.3. The second-order valence-corrected chi connectivity index (χ2v) is 7.16. The molecule has 1 aromatic heterocycles. The van der Waals surface area contributed by atoms with E-state index in [0.29, 0.717) is 6.04 Å². The van der Waals surface area contributed by atoms with Crippen LogP contribution in [0.2, 0.25) is 0 Å². The summed E-state index contributed by atoms with van der Waals surface area (Å²) in [6, 6.07) is 12.2. The summed E-state index contributed by atoms with van der Waals surface area (Å²) < 4.78 is 4.13. The molecule has 3 aromatic rings. The molecule has 2 aromatic carbocycles. The fourth-order valence-corrected chi connectivity index (χ4v) is 3.36. The van der Waals surface area contributed by atoms with Crippen molar-refractivity contribution < 1.29 is 5.11 Å². The van der Waals surface area contributed by atoms with Crippen LogP contribution in [0.1, 0.15) is 18.9 Å². The van der Waals surface area contributed by atoms with Crippen LogP contribution in [0.4, 0.5) is 0 Å². The molecular formula is C16H12Br2N2O. The molecule has 5 heteroatoms. The minimum Gasteiger partial charge on any atom is -0.507 e. The molecule has 1 aliphatic carbocycles. The summed E-state index contributed by atoms with van der Waals surface area (Å²) in [5, 5.41) is 10.3. The number of aromatic hydroxyl groups is 1. The molecule has 0 amide bonds. The molecule has 4 rings (SSSR count). The highest BCUT2D eigenvalue weighted by molar-refractivity contribution is 9.10. The lowest BCUT2D eigenvalue weighted by atomic mass is 10.2. The molecular weight excluding hydrogens is 396 g/mol. The third-order valence-corrected chi connectivity index (χ3v) is 4.75. The van der Waals surface area contributed by atoms with Gasteiger partial charge in [-0.15, -0.1) is 0 Å². The van der Waals surface area contributed by atoms with Gasteiger partial charge in [-0.2, -0.15) is 0 Å². The Bertz CT molecular complexity index is 853. The lowest BCUT2D eigenvalue weighted by molar-refractivity contribution is 0.476. The number of phenols is 1. The van der Waals surface area contributed by atoms with E-state index in [2.05, 4.69) is 42.5 Å². The Balaban J connectivity index is 2.01. The van der Waals surface area contributed by atoms with E-state index in [0.717, 1.165) is 31.4 Å². The number of rotatable bonds is 2. The van der Waals surface area contributed by atoms with Crippen LogP contribution in [0.25, 0.3) is 22.4 Å². The third-order valence-electron chi connectivity index (χ3n) is 3.76. The van der Waals surface area contributed by atoms with Crippen LogP contribution in [-0.2, 0) is 0 Å². The van der Waals surface area contributed by atoms with E-state index in [1.54, 1.807) is 6.07 Å². The summed E-state index contributed by atoms with van der Waals surface area (Å²) in [4.78, 5) is 4.75. The number of aromatic nitrogens is 2. The predicted octanol–water partition coefficient (Wildman–Crippen LogP) is 5.27. The van der Waals surface area contributed by atoms with Crippen molar-refractivity contribution in [1.29, 1.82) is 0 Å². The molecule has 21 heavy (non-hydrogen) atoms. The molecule has 0 bridgehead atoms. The summed E-state index contributed by atoms with van der Waals surface area (Å²) in [6.45, 7) is 0. The first-order valence-corrected chi connectivity index (χ1v) is 8.38. The number of imidazole rings is 1. The quantitative estimate of drug-likeness (QED) is 0.628. The van der Waals surface area contributed by atoms with Gasteiger partial charge in [0.05, 0.1) is 16.6 Å². The van der Waals surface area contributed by atoms with Gasteiger partial charge >= 0.3 is 0 Å². The van der Waals surface area contributed by atoms with Crippen LogP contribution >= 0.6 is 31.9 Å². The van der Waals surface area contributed by atoms with Crippen molar-refractivity contribution >= 4 is 42.9 Å². The van der Waals surface area contributed by atoms with Gasteiger partial charge in [0.2, 0.25) is 0 Å². The zero-order valence-corrected chi connectivity index (χ0v) is 14.2. The van der Waals surface area contributed by atoms with Crippen molar-refractivity contribution in [3.63, 3.8) is 0 Å². The van der Waals surface area contributed by atoms with Gasteiger partial charge in [0.25, 0.3) is 0 Å². The van der Waals surface area contributed by atoms with E-state index in [4.69, 9.17) is 4.98 Å². The molecule has 1 saturated carbocycles. The number of hydrogen-bond donors (Lipinski definition) is 1. The number of phenolic OH excluding ortho intramolecular Hbond substituents is 1. The van der Waals surface area contributed by atoms with Gasteiger partial charge in [-0.05, 0) is 49.2 Å². The Morgan fingerprint density at radius 3 is 2.48 bits per heavy atom. The normalized spacial score (nSPS) is 14.8. The van der Waals surface area contributed by atoms with E-state index < -0.39 is 0 Å². The lowest BCUT2D eigenvalue weighted by Crippen LogP contribution is -1.97. The number of benzene rings is 2. The molecule has 0 radical (unpaired) electrons. The molecule has 1 fully saturated rings. The van der Waals surface area contributed by atoms with E-state index in [1.165, 1.54) is 12.8 Å². The fourth-order valence-electron chi connectivity index (χ4n) is 2.66. The van der Waals surface area contributed by atoms with Crippen LogP contribution in [-0.4, -0.2) is 14.7 Å². The summed E-state index contributed by atoms with van der Waals surface area (Å²) in [6.07, 6.45) is 2.34. The van der Waals surface area contributed by atoms with E-state index in [1.807, 2.05) is 24.3 Å². The number of nitrogens with zero attached hydrogens (tertiary/aromatic N) is 2. The van der Waals surface area contributed by atoms with Gasteiger partial charge < -0.3 is 9.67 Å². The van der Waals surface area contributed by atoms with Crippen molar-refractivity contribution in [2.24, 2.45) is 0 Å². The predicted molar refractivity (Wildman–Crippen MR) is 90.5 cm³/mol. The van der Waals surface area contributed by atoms with Gasteiger partial charge in [-0.1, -0.05) is 31.9 Å². The maximum atomic E-state index is 10.3. The van der Waals surface area contributed by atoms with Crippen molar-refractivity contribution in [3.8, 4) is 17.1 Å². The van der Waals surface area contributed by atoms with Crippen LogP contribution in [0.5, 0.6) is 5.75 Å². The van der Waals surface area contributed by atoms with Crippen LogP contribution in [0, 0.1) is 0 Å². The minimum atomic E-state index is 0.251. The van der Waals surface area contributed by atoms with E-state index in [9.17, 15) is 5.11 Å². The van der Waals surface area contributed by atoms with Crippen molar-refractivity contribution in [2.45, 2.75) is 18.9 Å². The molecule has 1 aliphatic rings. The van der Waals surface area contributed by atoms with E-state index in [-0.39, 0.29) is 5.75 Å². The lowest BCUT2D eigenvalue weighted by Gasteiger charge is -2.09. The van der Waals surface area contributed by atoms with Crippen molar-refractivity contribution in [2.75, 3.05) is 0 Å². The monoisotopic (exact) mass is 406 g/mol. The largest absolute Gasteiger partial charge is 0.507 e. The third kappa shape index (κ3) is 2.28. The topological polar surface area (TPSA) is 38.1 Å². The minimum absolute atomic E-state index is 0.251. The molecule has 3 nitrogen and oxygen atoms in total. The van der Waals surface area contributed by atoms with Gasteiger partial charge in [-0.25, -0.2) is 4.98 Å². The van der Waals surface area contributed by atoms with Crippen LogP contribution in [0.3, 0.4) is 0 Å². The Labute approximate surface area is 138 Å². The summed E-state index contributed by atoms with van der Waals surface area (Å²) >= 11 is 6.87. The zero-order chi connectivity index (χ0) is 14.6. The summed E-state index contributed by atoms with van der Waals surface area (Å²) in [7, 11) is 0. The van der Waals surface area contributed by atoms with Gasteiger partial charge in [0.15, 0.2) is 0 Å². The number of fused-ring (bicyclic) bond motifs is 1. The molecule has 1 N–H and O–H groups in total. The van der Waals surface area contributed by atoms with Crippen LogP contribution < -0.4 is 0 Å². The highest BCUT2D eigenvalue weighted by Crippen LogP contribution is 2.43. The first-order valence-electron chi connectivity index (χ1n) is 6.80. The Kier molecular flexibility index (Phi) is 3.08. The molecule has 0 aliphatic heterocycles. The second kappa shape index (κ2) is 4.85. The fraction of sp³-hybridized carbons (Fsp3) is 0.188. The highest BCUT2D eigenvalue weighted by Gasteiger charge is 2.29. The van der Waals surface area contributed by atoms with Crippen molar-refractivity contribution in [3.05, 3.63) is 45.3 Å². The maximum Gasteiger partial charge on any atom is 0.145 e. The number of hydrogen-bond acceptors (Lipinski definition) is 2. The van der Waals surface area contributed by atoms with Crippen molar-refractivity contribution in [1.82, 2.24) is 9.55 Å². The smallest absolute Gasteiger partial charge is 0.145 e. The molecule has 0 unspecified atom stereocenters. The average molecular weight is 408 g/mol. The highest BCUT2D eigenvalue weighted by atomic mass is 79.9. The zero-order valence-electron chi connectivity index (χ0n) is 11.1. The second-order valence-electron chi connectivity index (χ2n) is 5.33. The first-order chi connectivity index (χ1) is 10.1. The summed E-state index contributed by atoms with van der Waals surface area (Å²) in [5.41, 5.74) is 2.85. The Morgan fingerprint density at radius 1 is 1.05 bits per heavy atom. The molecule has 106 valence electrons. The molecule has 0 atom stereocenters. The summed E-state index contributed by atoms with van der Waals surface area (Å²) in [5.74, 6) is 1.09. The van der Waals surface area contributed by atoms with E-state index >= 15 is 0 Å². The Morgan fingerprint density at radius 2 is 1.76 bits per heavy atom. The van der Waals surface area contributed by atoms with Crippen LogP contribution in [0.15, 0.2) is 45.3 Å². The van der Waals surface area contributed by atoms with Gasteiger partial charge in [0, 0.05) is 15.0 Å². The molecule has 0 spiro atoms. The average Bonchev–Trinajstić information content (AvgIpc) is 3.20. The maximum absolute atomic E-state index is 10.3. The number of halogens is 2. The Hall–Kier alpha value is -1.33. The van der Waals surface area contributed by atoms with Gasteiger partial charge in [-0.3, -0.25) is 0 Å². The standard InChI is InChI=1S/C16H12Br2N2O/c17-9-2-6-14-13(7-9)19-16(20(14)11-3-4-11)12-5-1-10(18)8-15(12)21/h1-2,5-8,11,21H,3-4H2. The SMILES string of the molecule is Oc1cc(Br)ccc1-c1nc2cc(Br)ccc2n1C1CC1. The molecule has 0 saturated heterocycles. The molecule has 1 heterocycles. The van der Waals surface area contributed by atoms with Gasteiger partial charge in [0.1, 0.15) is 11.6 Å².